The summed E-state index contributed by atoms with van der Waals surface area (Å²) >= 11 is 4.96. The number of aryl methyl sites for hydroxylation is 1. The van der Waals surface area contributed by atoms with Crippen LogP contribution in [0, 0.1) is 0 Å². The number of nitrogens with zero attached hydrogens (tertiary/aromatic N) is 2. The molecule has 0 bridgehead atoms. The van der Waals surface area contributed by atoms with Crippen molar-refractivity contribution in [3.63, 3.8) is 0 Å². The summed E-state index contributed by atoms with van der Waals surface area (Å²) in [5.41, 5.74) is 3.11. The zero-order valence-electron chi connectivity index (χ0n) is 12.5. The van der Waals surface area contributed by atoms with Crippen molar-refractivity contribution in [2.45, 2.75) is 40.1 Å². The molecule has 1 aliphatic rings. The standard InChI is InChI=1S/C15H17N3OS3/c1-20-12-6-7-16-14(21-2)10(12)8-22-15-17-11-5-3-4-9(11)13(19)18-15/h6-7H,3-5,8H2,1-2H3,(H,17,18,19). The highest BCUT2D eigenvalue weighted by atomic mass is 32.2. The fourth-order valence-electron chi connectivity index (χ4n) is 2.58. The summed E-state index contributed by atoms with van der Waals surface area (Å²) in [6.45, 7) is 0. The van der Waals surface area contributed by atoms with Gasteiger partial charge in [-0.1, -0.05) is 11.8 Å². The molecule has 0 saturated carbocycles. The molecule has 0 atom stereocenters. The highest BCUT2D eigenvalue weighted by molar-refractivity contribution is 8.00. The van der Waals surface area contributed by atoms with Crippen LogP contribution < -0.4 is 5.56 Å². The molecule has 0 unspecified atom stereocenters. The molecule has 4 nitrogen and oxygen atoms in total. The van der Waals surface area contributed by atoms with Gasteiger partial charge in [-0.15, -0.1) is 23.5 Å². The largest absolute Gasteiger partial charge is 0.301 e. The lowest BCUT2D eigenvalue weighted by molar-refractivity contribution is 0.868. The van der Waals surface area contributed by atoms with Gasteiger partial charge in [-0.2, -0.15) is 0 Å². The molecular weight excluding hydrogens is 334 g/mol. The monoisotopic (exact) mass is 351 g/mol. The fourth-order valence-corrected chi connectivity index (χ4v) is 4.95. The number of aromatic nitrogens is 3. The van der Waals surface area contributed by atoms with Crippen molar-refractivity contribution in [1.82, 2.24) is 15.0 Å². The number of fused-ring (bicyclic) bond motifs is 1. The van der Waals surface area contributed by atoms with Gasteiger partial charge < -0.3 is 4.98 Å². The Bertz CT molecular complexity index is 723. The van der Waals surface area contributed by atoms with E-state index in [4.69, 9.17) is 0 Å². The van der Waals surface area contributed by atoms with Gasteiger partial charge in [0, 0.05) is 28.0 Å². The summed E-state index contributed by atoms with van der Waals surface area (Å²) < 4.78 is 0. The molecule has 116 valence electrons. The average Bonchev–Trinajstić information content (AvgIpc) is 3.01. The van der Waals surface area contributed by atoms with Crippen LogP contribution in [0.5, 0.6) is 0 Å². The zero-order valence-corrected chi connectivity index (χ0v) is 15.0. The van der Waals surface area contributed by atoms with Crippen molar-refractivity contribution < 1.29 is 0 Å². The second kappa shape index (κ2) is 7.10. The Balaban J connectivity index is 1.84. The second-order valence-corrected chi connectivity index (χ2v) is 7.55. The summed E-state index contributed by atoms with van der Waals surface area (Å²) in [6.07, 6.45) is 8.78. The Morgan fingerprint density at radius 1 is 1.27 bits per heavy atom. The van der Waals surface area contributed by atoms with E-state index in [-0.39, 0.29) is 5.56 Å². The lowest BCUT2D eigenvalue weighted by Crippen LogP contribution is -2.15. The normalized spacial score (nSPS) is 13.4. The van der Waals surface area contributed by atoms with Gasteiger partial charge in [-0.05, 0) is 37.8 Å². The highest BCUT2D eigenvalue weighted by Crippen LogP contribution is 2.32. The predicted octanol–water partition coefficient (Wildman–Crippen LogP) is 3.39. The molecule has 3 rings (SSSR count). The van der Waals surface area contributed by atoms with Crippen LogP contribution in [-0.2, 0) is 18.6 Å². The average molecular weight is 352 g/mol. The number of aromatic amines is 1. The smallest absolute Gasteiger partial charge is 0.254 e. The Kier molecular flexibility index (Phi) is 5.15. The molecular formula is C15H17N3OS3. The number of thioether (sulfide) groups is 3. The first kappa shape index (κ1) is 16.0. The molecule has 0 amide bonds. The van der Waals surface area contributed by atoms with Gasteiger partial charge in [0.1, 0.15) is 5.03 Å². The maximum Gasteiger partial charge on any atom is 0.254 e. The minimum atomic E-state index is 0.0337. The van der Waals surface area contributed by atoms with Crippen LogP contribution in [-0.4, -0.2) is 27.5 Å². The molecule has 1 N–H and O–H groups in total. The Labute approximate surface area is 142 Å². The van der Waals surface area contributed by atoms with Crippen molar-refractivity contribution in [2.24, 2.45) is 0 Å². The van der Waals surface area contributed by atoms with Gasteiger partial charge in [-0.25, -0.2) is 9.97 Å². The SMILES string of the molecule is CSc1ccnc(SC)c1CSc1nc2c(c(=O)[nH]1)CCC2. The molecule has 7 heteroatoms. The van der Waals surface area contributed by atoms with Crippen LogP contribution >= 0.6 is 35.3 Å². The molecule has 1 aliphatic carbocycles. The first-order chi connectivity index (χ1) is 10.7. The van der Waals surface area contributed by atoms with Gasteiger partial charge in [0.25, 0.3) is 5.56 Å². The quantitative estimate of drug-likeness (QED) is 0.658. The van der Waals surface area contributed by atoms with Crippen LogP contribution in [0.4, 0.5) is 0 Å². The number of rotatable bonds is 5. The number of hydrogen-bond acceptors (Lipinski definition) is 6. The third-order valence-electron chi connectivity index (χ3n) is 3.66. The Hall–Kier alpha value is -0.920. The molecule has 2 aromatic heterocycles. The highest BCUT2D eigenvalue weighted by Gasteiger charge is 2.18. The van der Waals surface area contributed by atoms with E-state index < -0.39 is 0 Å². The topological polar surface area (TPSA) is 58.6 Å². The van der Waals surface area contributed by atoms with Crippen LogP contribution in [0.3, 0.4) is 0 Å². The van der Waals surface area contributed by atoms with E-state index in [0.717, 1.165) is 41.3 Å². The number of hydrogen-bond donors (Lipinski definition) is 1. The van der Waals surface area contributed by atoms with Crippen molar-refractivity contribution in [3.8, 4) is 0 Å². The Morgan fingerprint density at radius 3 is 2.91 bits per heavy atom. The zero-order chi connectivity index (χ0) is 15.5. The third kappa shape index (κ3) is 3.21. The van der Waals surface area contributed by atoms with Gasteiger partial charge in [-0.3, -0.25) is 4.79 Å². The van der Waals surface area contributed by atoms with Gasteiger partial charge in [0.05, 0.1) is 5.69 Å². The summed E-state index contributed by atoms with van der Waals surface area (Å²) in [5.74, 6) is 0.766. The molecule has 0 aliphatic heterocycles. The van der Waals surface area contributed by atoms with Crippen LogP contribution in [0.2, 0.25) is 0 Å². The fraction of sp³-hybridized carbons (Fsp3) is 0.400. The number of nitrogens with one attached hydrogen (secondary N) is 1. The van der Waals surface area contributed by atoms with E-state index >= 15 is 0 Å². The number of H-pyrrole nitrogens is 1. The van der Waals surface area contributed by atoms with Gasteiger partial charge in [0.2, 0.25) is 0 Å². The predicted molar refractivity (Wildman–Crippen MR) is 94.2 cm³/mol. The summed E-state index contributed by atoms with van der Waals surface area (Å²) in [6, 6.07) is 2.04. The van der Waals surface area contributed by atoms with E-state index in [1.807, 2.05) is 18.5 Å². The molecule has 0 aromatic carbocycles. The minimum absolute atomic E-state index is 0.0337. The van der Waals surface area contributed by atoms with E-state index in [2.05, 4.69) is 21.2 Å². The molecule has 0 fully saturated rings. The minimum Gasteiger partial charge on any atom is -0.301 e. The second-order valence-electron chi connectivity index (χ2n) is 4.94. The molecule has 0 radical (unpaired) electrons. The number of pyridine rings is 1. The molecule has 2 aromatic rings. The molecule has 22 heavy (non-hydrogen) atoms. The third-order valence-corrected chi connectivity index (χ3v) is 6.12. The van der Waals surface area contributed by atoms with Gasteiger partial charge in [0.15, 0.2) is 5.16 Å². The first-order valence-corrected chi connectivity index (χ1v) is 10.5. The van der Waals surface area contributed by atoms with Crippen molar-refractivity contribution in [3.05, 3.63) is 39.4 Å². The van der Waals surface area contributed by atoms with Crippen molar-refractivity contribution in [2.75, 3.05) is 12.5 Å². The van der Waals surface area contributed by atoms with Crippen LogP contribution in [0.25, 0.3) is 0 Å². The maximum absolute atomic E-state index is 12.1. The lowest BCUT2D eigenvalue weighted by atomic mass is 10.3. The van der Waals surface area contributed by atoms with E-state index in [0.29, 0.717) is 5.16 Å². The van der Waals surface area contributed by atoms with Gasteiger partial charge >= 0.3 is 0 Å². The maximum atomic E-state index is 12.1. The van der Waals surface area contributed by atoms with Crippen molar-refractivity contribution in [1.29, 1.82) is 0 Å². The first-order valence-electron chi connectivity index (χ1n) is 7.03. The summed E-state index contributed by atoms with van der Waals surface area (Å²) in [5, 5.41) is 1.76. The summed E-state index contributed by atoms with van der Waals surface area (Å²) in [7, 11) is 0. The van der Waals surface area contributed by atoms with Crippen LogP contribution in [0.15, 0.2) is 32.1 Å². The summed E-state index contributed by atoms with van der Waals surface area (Å²) in [4.78, 5) is 25.3. The van der Waals surface area contributed by atoms with E-state index in [1.165, 1.54) is 10.5 Å². The van der Waals surface area contributed by atoms with Crippen molar-refractivity contribution >= 4 is 35.3 Å². The van der Waals surface area contributed by atoms with Crippen LogP contribution in [0.1, 0.15) is 23.2 Å². The van der Waals surface area contributed by atoms with E-state index in [1.54, 1.807) is 35.3 Å². The van der Waals surface area contributed by atoms with E-state index in [9.17, 15) is 4.79 Å². The molecule has 0 saturated heterocycles. The lowest BCUT2D eigenvalue weighted by Gasteiger charge is -2.10. The molecule has 0 spiro atoms. The Morgan fingerprint density at radius 2 is 2.14 bits per heavy atom. The molecule has 2 heterocycles.